The van der Waals surface area contributed by atoms with Crippen molar-refractivity contribution in [3.8, 4) is 0 Å². The third-order valence-corrected chi connectivity index (χ3v) is 1.71. The van der Waals surface area contributed by atoms with E-state index < -0.39 is 5.97 Å². The number of hydrogen-bond donors (Lipinski definition) is 1. The molecule has 0 aliphatic carbocycles. The lowest BCUT2D eigenvalue weighted by molar-refractivity contribution is 0.0602. The van der Waals surface area contributed by atoms with Crippen molar-refractivity contribution in [2.75, 3.05) is 7.11 Å². The van der Waals surface area contributed by atoms with Gasteiger partial charge in [-0.3, -0.25) is 0 Å². The second-order valence-corrected chi connectivity index (χ2v) is 2.49. The molecule has 7 heteroatoms. The van der Waals surface area contributed by atoms with E-state index in [1.165, 1.54) is 11.7 Å². The lowest BCUT2D eigenvalue weighted by Crippen LogP contribution is -2.02. The molecule has 0 aromatic carbocycles. The van der Waals surface area contributed by atoms with Crippen molar-refractivity contribution in [3.05, 3.63) is 11.3 Å². The maximum absolute atomic E-state index is 11.3. The fourth-order valence-corrected chi connectivity index (χ4v) is 1.13. The van der Waals surface area contributed by atoms with Crippen LogP contribution in [0.1, 0.15) is 16.1 Å². The van der Waals surface area contributed by atoms with Gasteiger partial charge in [-0.25, -0.2) is 4.79 Å². The first kappa shape index (κ1) is 7.71. The summed E-state index contributed by atoms with van der Waals surface area (Å²) in [6, 6.07) is 0. The highest BCUT2D eigenvalue weighted by Gasteiger charge is 2.19. The highest BCUT2D eigenvalue weighted by molar-refractivity contribution is 5.96. The maximum atomic E-state index is 11.3. The molecule has 2 rings (SSSR count). The zero-order valence-electron chi connectivity index (χ0n) is 7.11. The predicted molar refractivity (Wildman–Crippen MR) is 41.2 cm³/mol. The Hall–Kier alpha value is -1.92. The van der Waals surface area contributed by atoms with Crippen LogP contribution in [0, 0.1) is 6.92 Å². The number of rotatable bonds is 1. The van der Waals surface area contributed by atoms with Crippen molar-refractivity contribution in [1.82, 2.24) is 25.3 Å². The van der Waals surface area contributed by atoms with Crippen LogP contribution in [0.15, 0.2) is 0 Å². The molecule has 0 saturated carbocycles. The van der Waals surface area contributed by atoms with Gasteiger partial charge in [-0.05, 0) is 12.1 Å². The van der Waals surface area contributed by atoms with Gasteiger partial charge in [-0.15, -0.1) is 9.73 Å². The first-order valence-electron chi connectivity index (χ1n) is 3.58. The average Bonchev–Trinajstić information content (AvgIpc) is 2.62. The molecule has 0 unspecified atom stereocenters. The van der Waals surface area contributed by atoms with E-state index in [1.54, 1.807) is 6.92 Å². The van der Waals surface area contributed by atoms with Crippen molar-refractivity contribution < 1.29 is 9.53 Å². The fourth-order valence-electron chi connectivity index (χ4n) is 1.13. The number of esters is 1. The predicted octanol–water partition coefficient (Wildman–Crippen LogP) is -0.453. The molecule has 0 aliphatic rings. The highest BCUT2D eigenvalue weighted by atomic mass is 16.5. The number of methoxy groups -OCH3 is 1. The lowest BCUT2D eigenvalue weighted by Gasteiger charge is -1.93. The summed E-state index contributed by atoms with van der Waals surface area (Å²) in [5.41, 5.74) is 1.29. The van der Waals surface area contributed by atoms with Crippen LogP contribution in [-0.2, 0) is 4.74 Å². The standard InChI is InChI=1S/C6H7N5O2/c1-3-4(6(12)13-2)5-7-9-10-11(5)8-3/h1-2H3,(H,7,10). The molecule has 2 aromatic heterocycles. The van der Waals surface area contributed by atoms with Crippen LogP contribution in [0.3, 0.4) is 0 Å². The number of hydrogen-bond acceptors (Lipinski definition) is 5. The number of nitrogens with zero attached hydrogens (tertiary/aromatic N) is 4. The molecular weight excluding hydrogens is 174 g/mol. The zero-order valence-corrected chi connectivity index (χ0v) is 7.11. The molecule has 1 N–H and O–H groups in total. The second-order valence-electron chi connectivity index (χ2n) is 2.49. The zero-order chi connectivity index (χ0) is 9.42. The summed E-state index contributed by atoms with van der Waals surface area (Å²) in [6.45, 7) is 1.70. The fraction of sp³-hybridized carbons (Fsp3) is 0.333. The molecule has 0 aliphatic heterocycles. The minimum absolute atomic E-state index is 0.344. The topological polar surface area (TPSA) is 85.2 Å². The van der Waals surface area contributed by atoms with Gasteiger partial charge < -0.3 is 4.74 Å². The van der Waals surface area contributed by atoms with Gasteiger partial charge in [0, 0.05) is 0 Å². The minimum atomic E-state index is -0.457. The Bertz CT molecular complexity index is 456. The van der Waals surface area contributed by atoms with Gasteiger partial charge >= 0.3 is 5.97 Å². The van der Waals surface area contributed by atoms with Gasteiger partial charge in [0.25, 0.3) is 0 Å². The number of fused-ring (bicyclic) bond motifs is 1. The van der Waals surface area contributed by atoms with Crippen LogP contribution in [0.2, 0.25) is 0 Å². The number of ether oxygens (including phenoxy) is 1. The van der Waals surface area contributed by atoms with Crippen molar-refractivity contribution in [3.63, 3.8) is 0 Å². The normalized spacial score (nSPS) is 10.6. The van der Waals surface area contributed by atoms with Crippen molar-refractivity contribution in [1.29, 1.82) is 0 Å². The molecule has 2 heterocycles. The monoisotopic (exact) mass is 181 g/mol. The van der Waals surface area contributed by atoms with Gasteiger partial charge in [-0.1, -0.05) is 0 Å². The molecule has 68 valence electrons. The van der Waals surface area contributed by atoms with Crippen LogP contribution >= 0.6 is 0 Å². The molecule has 0 amide bonds. The first-order chi connectivity index (χ1) is 6.24. The van der Waals surface area contributed by atoms with Gasteiger partial charge in [0.15, 0.2) is 0 Å². The quantitative estimate of drug-likeness (QED) is 0.602. The summed E-state index contributed by atoms with van der Waals surface area (Å²) in [5.74, 6) is -0.457. The number of carbonyl (C=O) groups is 1. The molecule has 0 fully saturated rings. The van der Waals surface area contributed by atoms with Crippen LogP contribution in [0.25, 0.3) is 5.65 Å². The first-order valence-corrected chi connectivity index (χ1v) is 3.58. The van der Waals surface area contributed by atoms with Crippen molar-refractivity contribution in [2.45, 2.75) is 6.92 Å². The van der Waals surface area contributed by atoms with E-state index in [0.717, 1.165) is 0 Å². The highest BCUT2D eigenvalue weighted by Crippen LogP contribution is 2.11. The Morgan fingerprint density at radius 1 is 1.62 bits per heavy atom. The number of aryl methyl sites for hydroxylation is 1. The Morgan fingerprint density at radius 2 is 2.38 bits per heavy atom. The summed E-state index contributed by atoms with van der Waals surface area (Å²) >= 11 is 0. The molecule has 0 atom stereocenters. The number of aromatic nitrogens is 5. The molecule has 0 saturated heterocycles. The number of aromatic amines is 1. The molecule has 0 bridgehead atoms. The van der Waals surface area contributed by atoms with E-state index in [4.69, 9.17) is 0 Å². The van der Waals surface area contributed by atoms with Crippen LogP contribution in [-0.4, -0.2) is 38.3 Å². The molecular formula is C6H7N5O2. The van der Waals surface area contributed by atoms with Gasteiger partial charge in [0.2, 0.25) is 5.65 Å². The van der Waals surface area contributed by atoms with E-state index >= 15 is 0 Å². The SMILES string of the molecule is COC(=O)c1c(C)nn2[nH]nnc12. The van der Waals surface area contributed by atoms with Crippen LogP contribution in [0.4, 0.5) is 0 Å². The summed E-state index contributed by atoms with van der Waals surface area (Å²) in [4.78, 5) is 11.3. The molecule has 2 aromatic rings. The Balaban J connectivity index is 2.70. The van der Waals surface area contributed by atoms with E-state index in [2.05, 4.69) is 25.4 Å². The maximum Gasteiger partial charge on any atom is 0.343 e. The largest absolute Gasteiger partial charge is 0.465 e. The number of H-pyrrole nitrogens is 1. The van der Waals surface area contributed by atoms with E-state index in [1.807, 2.05) is 0 Å². The summed E-state index contributed by atoms with van der Waals surface area (Å²) < 4.78 is 5.90. The Morgan fingerprint density at radius 3 is 3.08 bits per heavy atom. The van der Waals surface area contributed by atoms with Gasteiger partial charge in [0.05, 0.1) is 12.8 Å². The number of carbonyl (C=O) groups excluding carboxylic acids is 1. The van der Waals surface area contributed by atoms with E-state index in [9.17, 15) is 4.79 Å². The van der Waals surface area contributed by atoms with Crippen LogP contribution < -0.4 is 0 Å². The summed E-state index contributed by atoms with van der Waals surface area (Å²) in [7, 11) is 1.31. The number of nitrogens with one attached hydrogen (secondary N) is 1. The Labute approximate surface area is 72.7 Å². The minimum Gasteiger partial charge on any atom is -0.465 e. The smallest absolute Gasteiger partial charge is 0.343 e. The van der Waals surface area contributed by atoms with Crippen molar-refractivity contribution in [2.24, 2.45) is 0 Å². The third-order valence-electron chi connectivity index (χ3n) is 1.71. The van der Waals surface area contributed by atoms with Crippen LogP contribution in [0.5, 0.6) is 0 Å². The van der Waals surface area contributed by atoms with Gasteiger partial charge in [-0.2, -0.15) is 10.3 Å². The second kappa shape index (κ2) is 2.54. The molecule has 0 radical (unpaired) electrons. The summed E-state index contributed by atoms with van der Waals surface area (Å²) in [6.07, 6.45) is 0. The molecule has 0 spiro atoms. The van der Waals surface area contributed by atoms with Gasteiger partial charge in [0.1, 0.15) is 5.56 Å². The lowest BCUT2D eigenvalue weighted by atomic mass is 10.2. The average molecular weight is 181 g/mol. The van der Waals surface area contributed by atoms with Crippen molar-refractivity contribution >= 4 is 11.6 Å². The molecule has 13 heavy (non-hydrogen) atoms. The van der Waals surface area contributed by atoms with E-state index in [0.29, 0.717) is 16.9 Å². The van der Waals surface area contributed by atoms with E-state index in [-0.39, 0.29) is 0 Å². The molecule has 7 nitrogen and oxygen atoms in total. The third kappa shape index (κ3) is 0.968. The summed E-state index contributed by atoms with van der Waals surface area (Å²) in [5, 5.41) is 13.7. The number of tetrazole rings is 1. The Kier molecular flexibility index (Phi) is 1.51.